The average molecular weight is 248 g/mol. The summed E-state index contributed by atoms with van der Waals surface area (Å²) in [6.07, 6.45) is 4.51. The number of methoxy groups -OCH3 is 1. The molecular weight excluding hydrogens is 232 g/mol. The summed E-state index contributed by atoms with van der Waals surface area (Å²) >= 11 is 1.53. The van der Waals surface area contributed by atoms with E-state index in [2.05, 4.69) is 16.5 Å². The molecular formula is C13H16N2OS. The molecule has 2 aromatic rings. The Balaban J connectivity index is 2.16. The highest BCUT2D eigenvalue weighted by atomic mass is 32.1. The number of hydrogen-bond acceptors (Lipinski definition) is 4. The van der Waals surface area contributed by atoms with Crippen molar-refractivity contribution in [2.45, 2.75) is 31.2 Å². The lowest BCUT2D eigenvalue weighted by molar-refractivity contribution is 0.415. The Morgan fingerprint density at radius 1 is 1.35 bits per heavy atom. The van der Waals surface area contributed by atoms with Crippen molar-refractivity contribution in [1.82, 2.24) is 4.37 Å². The van der Waals surface area contributed by atoms with Gasteiger partial charge in [0, 0.05) is 5.39 Å². The van der Waals surface area contributed by atoms with Crippen LogP contribution in [-0.2, 0) is 5.54 Å². The first kappa shape index (κ1) is 11.0. The molecule has 0 unspecified atom stereocenters. The molecule has 0 amide bonds. The quantitative estimate of drug-likeness (QED) is 0.888. The van der Waals surface area contributed by atoms with Crippen LogP contribution in [0.5, 0.6) is 5.75 Å². The molecule has 1 aromatic carbocycles. The second kappa shape index (κ2) is 3.96. The number of nitrogens with two attached hydrogens (primary N) is 1. The molecule has 3 rings (SSSR count). The van der Waals surface area contributed by atoms with Crippen molar-refractivity contribution < 1.29 is 4.74 Å². The molecule has 1 saturated carbocycles. The van der Waals surface area contributed by atoms with E-state index in [1.54, 1.807) is 7.11 Å². The van der Waals surface area contributed by atoms with Gasteiger partial charge in [0.25, 0.3) is 0 Å². The molecule has 0 bridgehead atoms. The molecule has 1 aliphatic carbocycles. The van der Waals surface area contributed by atoms with E-state index >= 15 is 0 Å². The fourth-order valence-electron chi connectivity index (χ4n) is 2.65. The maximum Gasteiger partial charge on any atom is 0.119 e. The summed E-state index contributed by atoms with van der Waals surface area (Å²) in [5, 5.41) is 1.17. The predicted molar refractivity (Wildman–Crippen MR) is 70.5 cm³/mol. The Hall–Kier alpha value is -1.13. The number of hydrogen-bond donors (Lipinski definition) is 1. The van der Waals surface area contributed by atoms with Gasteiger partial charge >= 0.3 is 0 Å². The molecule has 1 fully saturated rings. The third kappa shape index (κ3) is 1.72. The zero-order valence-corrected chi connectivity index (χ0v) is 10.7. The molecule has 1 aromatic heterocycles. The zero-order chi connectivity index (χ0) is 11.9. The first-order valence-electron chi connectivity index (χ1n) is 5.96. The number of benzene rings is 1. The molecule has 0 spiro atoms. The molecule has 0 saturated heterocycles. The van der Waals surface area contributed by atoms with Gasteiger partial charge < -0.3 is 10.5 Å². The topological polar surface area (TPSA) is 48.1 Å². The number of aromatic nitrogens is 1. The third-order valence-corrected chi connectivity index (χ3v) is 4.47. The second-order valence-corrected chi connectivity index (χ2v) is 5.56. The van der Waals surface area contributed by atoms with Crippen molar-refractivity contribution >= 4 is 21.6 Å². The van der Waals surface area contributed by atoms with Crippen LogP contribution in [0.2, 0.25) is 0 Å². The number of rotatable bonds is 2. The minimum Gasteiger partial charge on any atom is -0.497 e. The average Bonchev–Trinajstić information content (AvgIpc) is 2.95. The van der Waals surface area contributed by atoms with Crippen LogP contribution in [0, 0.1) is 0 Å². The molecule has 17 heavy (non-hydrogen) atoms. The molecule has 3 nitrogen and oxygen atoms in total. The van der Waals surface area contributed by atoms with E-state index in [1.165, 1.54) is 34.5 Å². The van der Waals surface area contributed by atoms with E-state index < -0.39 is 0 Å². The highest BCUT2D eigenvalue weighted by Gasteiger charge is 2.34. The molecule has 0 atom stereocenters. The van der Waals surface area contributed by atoms with Crippen LogP contribution >= 0.6 is 11.5 Å². The Morgan fingerprint density at radius 3 is 2.82 bits per heavy atom. The maximum atomic E-state index is 6.49. The van der Waals surface area contributed by atoms with Gasteiger partial charge in [-0.15, -0.1) is 0 Å². The first-order chi connectivity index (χ1) is 8.23. The molecule has 0 radical (unpaired) electrons. The van der Waals surface area contributed by atoms with Crippen molar-refractivity contribution in [3.05, 3.63) is 23.9 Å². The minimum absolute atomic E-state index is 0.218. The van der Waals surface area contributed by atoms with Gasteiger partial charge in [0.05, 0.1) is 23.0 Å². The molecule has 0 aliphatic heterocycles. The summed E-state index contributed by atoms with van der Waals surface area (Å²) in [6.45, 7) is 0. The lowest BCUT2D eigenvalue weighted by atomic mass is 9.92. The van der Waals surface area contributed by atoms with Gasteiger partial charge in [0.2, 0.25) is 0 Å². The van der Waals surface area contributed by atoms with Gasteiger partial charge in [0.1, 0.15) is 5.75 Å². The van der Waals surface area contributed by atoms with Crippen LogP contribution in [0.15, 0.2) is 18.2 Å². The summed E-state index contributed by atoms with van der Waals surface area (Å²) in [7, 11) is 1.69. The molecule has 1 aliphatic rings. The summed E-state index contributed by atoms with van der Waals surface area (Å²) in [5.41, 5.74) is 7.33. The van der Waals surface area contributed by atoms with E-state index in [9.17, 15) is 0 Å². The van der Waals surface area contributed by atoms with E-state index in [4.69, 9.17) is 10.5 Å². The van der Waals surface area contributed by atoms with Gasteiger partial charge in [-0.3, -0.25) is 0 Å². The van der Waals surface area contributed by atoms with Gasteiger partial charge in [-0.2, -0.15) is 4.37 Å². The van der Waals surface area contributed by atoms with Gasteiger partial charge in [-0.05, 0) is 42.6 Å². The zero-order valence-electron chi connectivity index (χ0n) is 9.90. The lowest BCUT2D eigenvalue weighted by Gasteiger charge is -2.21. The molecule has 4 heteroatoms. The van der Waals surface area contributed by atoms with E-state index in [0.29, 0.717) is 0 Å². The standard InChI is InChI=1S/C13H16N2OS/c1-16-9-4-5-11-10(8-9)12(15-17-11)13(14)6-2-3-7-13/h4-5,8H,2-3,6-7,14H2,1H3. The summed E-state index contributed by atoms with van der Waals surface area (Å²) < 4.78 is 11.1. The van der Waals surface area contributed by atoms with Crippen molar-refractivity contribution in [2.24, 2.45) is 5.73 Å². The fourth-order valence-corrected chi connectivity index (χ4v) is 3.50. The normalized spacial score (nSPS) is 18.7. The maximum absolute atomic E-state index is 6.49. The summed E-state index contributed by atoms with van der Waals surface area (Å²) in [4.78, 5) is 0. The van der Waals surface area contributed by atoms with Crippen molar-refractivity contribution in [3.8, 4) is 5.75 Å². The predicted octanol–water partition coefficient (Wildman–Crippen LogP) is 3.03. The van der Waals surface area contributed by atoms with E-state index in [0.717, 1.165) is 24.3 Å². The first-order valence-corrected chi connectivity index (χ1v) is 6.73. The van der Waals surface area contributed by atoms with E-state index in [-0.39, 0.29) is 5.54 Å². The minimum atomic E-state index is -0.218. The highest BCUT2D eigenvalue weighted by Crippen LogP contribution is 2.40. The molecule has 1 heterocycles. The molecule has 90 valence electrons. The SMILES string of the molecule is COc1ccc2snc(C3(N)CCCC3)c2c1. The number of ether oxygens (including phenoxy) is 1. The summed E-state index contributed by atoms with van der Waals surface area (Å²) in [6, 6.07) is 6.09. The second-order valence-electron chi connectivity index (χ2n) is 4.76. The van der Waals surface area contributed by atoms with Crippen LogP contribution in [0.3, 0.4) is 0 Å². The fraction of sp³-hybridized carbons (Fsp3) is 0.462. The third-order valence-electron chi connectivity index (χ3n) is 3.64. The van der Waals surface area contributed by atoms with Crippen molar-refractivity contribution in [2.75, 3.05) is 7.11 Å². The van der Waals surface area contributed by atoms with Gasteiger partial charge in [-0.1, -0.05) is 12.8 Å². The van der Waals surface area contributed by atoms with Crippen LogP contribution in [0.1, 0.15) is 31.4 Å². The summed E-state index contributed by atoms with van der Waals surface area (Å²) in [5.74, 6) is 0.876. The molecule has 2 N–H and O–H groups in total. The highest BCUT2D eigenvalue weighted by molar-refractivity contribution is 7.13. The monoisotopic (exact) mass is 248 g/mol. The Morgan fingerprint density at radius 2 is 2.12 bits per heavy atom. The largest absolute Gasteiger partial charge is 0.497 e. The van der Waals surface area contributed by atoms with Crippen molar-refractivity contribution in [1.29, 1.82) is 0 Å². The Kier molecular flexibility index (Phi) is 2.56. The Bertz CT molecular complexity index is 543. The lowest BCUT2D eigenvalue weighted by Crippen LogP contribution is -2.33. The van der Waals surface area contributed by atoms with Gasteiger partial charge in [0.15, 0.2) is 0 Å². The van der Waals surface area contributed by atoms with E-state index in [1.807, 2.05) is 6.07 Å². The van der Waals surface area contributed by atoms with Crippen LogP contribution in [-0.4, -0.2) is 11.5 Å². The number of fused-ring (bicyclic) bond motifs is 1. The smallest absolute Gasteiger partial charge is 0.119 e. The number of nitrogens with zero attached hydrogens (tertiary/aromatic N) is 1. The van der Waals surface area contributed by atoms with Crippen molar-refractivity contribution in [3.63, 3.8) is 0 Å². The van der Waals surface area contributed by atoms with Gasteiger partial charge in [-0.25, -0.2) is 0 Å². The Labute approximate surface area is 105 Å². The van der Waals surface area contributed by atoms with Crippen LogP contribution in [0.25, 0.3) is 10.1 Å². The van der Waals surface area contributed by atoms with Crippen LogP contribution in [0.4, 0.5) is 0 Å². The van der Waals surface area contributed by atoms with Crippen LogP contribution < -0.4 is 10.5 Å².